The minimum atomic E-state index is -4.02. The van der Waals surface area contributed by atoms with Gasteiger partial charge in [-0.15, -0.1) is 11.3 Å². The summed E-state index contributed by atoms with van der Waals surface area (Å²) in [5, 5.41) is 26.9. The third-order valence-corrected chi connectivity index (χ3v) is 11.5. The maximum absolute atomic E-state index is 13.8. The van der Waals surface area contributed by atoms with Gasteiger partial charge in [0.05, 0.1) is 29.7 Å². The number of nitrogens with zero attached hydrogens (tertiary/aromatic N) is 3. The Morgan fingerprint density at radius 2 is 1.71 bits per heavy atom. The number of nitrogens with one attached hydrogen (secondary N) is 1. The first-order chi connectivity index (χ1) is 23.5. The molecule has 0 bridgehead atoms. The van der Waals surface area contributed by atoms with Crippen LogP contribution in [-0.4, -0.2) is 76.4 Å². The molecule has 0 spiro atoms. The molecule has 1 aromatic heterocycles. The molecule has 1 fully saturated rings. The Labute approximate surface area is 292 Å². The summed E-state index contributed by atoms with van der Waals surface area (Å²) in [6.07, 6.45) is 0.670. The third kappa shape index (κ3) is 9.00. The van der Waals surface area contributed by atoms with E-state index in [1.807, 2.05) is 61.4 Å². The van der Waals surface area contributed by atoms with E-state index in [9.17, 15) is 28.2 Å². The standard InChI is InChI=1S/C37H44N4O6S2/c1-25(2)21-40(49(46,47)31-16-14-28(23-42)15-17-31)22-34(43)32(19-27-9-5-4-6-10-27)39-35(44)29-11-7-12-30(20-29)37(45)41-18-8-13-33(41)36-38-26(3)24-48-36/h4-7,9-12,14-17,20,24-25,32-34,42-43H,8,13,18-19,21-23H2,1-3H3,(H,39,44)/t32-,33+,34+/m0/s1. The van der Waals surface area contributed by atoms with Crippen LogP contribution in [0, 0.1) is 12.8 Å². The number of rotatable bonds is 14. The molecule has 0 saturated carbocycles. The number of carbonyl (C=O) groups is 2. The summed E-state index contributed by atoms with van der Waals surface area (Å²) in [5.41, 5.74) is 3.00. The zero-order chi connectivity index (χ0) is 35.1. The molecule has 0 unspecified atom stereocenters. The quantitative estimate of drug-likeness (QED) is 0.168. The van der Waals surface area contributed by atoms with Crippen LogP contribution >= 0.6 is 11.3 Å². The van der Waals surface area contributed by atoms with Crippen LogP contribution in [0.5, 0.6) is 0 Å². The van der Waals surface area contributed by atoms with E-state index in [2.05, 4.69) is 10.3 Å². The molecular weight excluding hydrogens is 661 g/mol. The van der Waals surface area contributed by atoms with Crippen LogP contribution in [0.3, 0.4) is 0 Å². The van der Waals surface area contributed by atoms with Crippen molar-refractivity contribution in [2.24, 2.45) is 5.92 Å². The Morgan fingerprint density at radius 3 is 2.37 bits per heavy atom. The predicted octanol–water partition coefficient (Wildman–Crippen LogP) is 4.97. The van der Waals surface area contributed by atoms with Gasteiger partial charge in [-0.1, -0.05) is 62.4 Å². The third-order valence-electron chi connectivity index (χ3n) is 8.59. The maximum Gasteiger partial charge on any atom is 0.254 e. The molecule has 2 heterocycles. The van der Waals surface area contributed by atoms with Crippen LogP contribution < -0.4 is 5.32 Å². The van der Waals surface area contributed by atoms with Crippen LogP contribution in [-0.2, 0) is 23.1 Å². The number of thiazole rings is 1. The van der Waals surface area contributed by atoms with Crippen LogP contribution in [0.4, 0.5) is 0 Å². The second-order valence-corrected chi connectivity index (χ2v) is 15.7. The molecule has 1 saturated heterocycles. The first-order valence-electron chi connectivity index (χ1n) is 16.5. The SMILES string of the molecule is Cc1csc([C@H]2CCCN2C(=O)c2cccc(C(=O)N[C@@H](Cc3ccccc3)[C@H](O)CN(CC(C)C)S(=O)(=O)c3ccc(CO)cc3)c2)n1. The number of hydrogen-bond acceptors (Lipinski definition) is 8. The summed E-state index contributed by atoms with van der Waals surface area (Å²) >= 11 is 1.55. The van der Waals surface area contributed by atoms with Gasteiger partial charge in [-0.2, -0.15) is 4.31 Å². The lowest BCUT2D eigenvalue weighted by Crippen LogP contribution is -2.51. The van der Waals surface area contributed by atoms with Gasteiger partial charge in [-0.3, -0.25) is 9.59 Å². The van der Waals surface area contributed by atoms with Crippen LogP contribution in [0.15, 0.2) is 89.1 Å². The lowest BCUT2D eigenvalue weighted by Gasteiger charge is -2.31. The number of benzene rings is 3. The Hall–Kier alpha value is -3.94. The first-order valence-corrected chi connectivity index (χ1v) is 18.8. The largest absolute Gasteiger partial charge is 0.392 e. The number of aromatic nitrogens is 1. The fraction of sp³-hybridized carbons (Fsp3) is 0.378. The highest BCUT2D eigenvalue weighted by molar-refractivity contribution is 7.89. The van der Waals surface area contributed by atoms with E-state index in [1.54, 1.807) is 47.7 Å². The van der Waals surface area contributed by atoms with Crippen LogP contribution in [0.1, 0.15) is 75.3 Å². The van der Waals surface area contributed by atoms with Gasteiger partial charge in [-0.05, 0) is 73.6 Å². The second-order valence-electron chi connectivity index (χ2n) is 12.9. The molecule has 3 N–H and O–H groups in total. The number of aliphatic hydroxyl groups is 2. The average Bonchev–Trinajstić information content (AvgIpc) is 3.77. The number of sulfonamides is 1. The van der Waals surface area contributed by atoms with Gasteiger partial charge >= 0.3 is 0 Å². The van der Waals surface area contributed by atoms with Gasteiger partial charge in [0.25, 0.3) is 11.8 Å². The lowest BCUT2D eigenvalue weighted by molar-refractivity contribution is 0.0735. The summed E-state index contributed by atoms with van der Waals surface area (Å²) in [6, 6.07) is 20.9. The first kappa shape index (κ1) is 36.3. The van der Waals surface area contributed by atoms with E-state index in [4.69, 9.17) is 0 Å². The van der Waals surface area contributed by atoms with Crippen LogP contribution in [0.2, 0.25) is 0 Å². The van der Waals surface area contributed by atoms with E-state index in [-0.39, 0.29) is 54.4 Å². The molecule has 49 heavy (non-hydrogen) atoms. The molecular formula is C37H44N4O6S2. The van der Waals surface area contributed by atoms with Gasteiger partial charge in [0, 0.05) is 41.8 Å². The molecule has 3 aromatic carbocycles. The molecule has 10 nitrogen and oxygen atoms in total. The Morgan fingerprint density at radius 1 is 1.00 bits per heavy atom. The highest BCUT2D eigenvalue weighted by Gasteiger charge is 2.34. The molecule has 260 valence electrons. The van der Waals surface area contributed by atoms with Gasteiger partial charge in [0.15, 0.2) is 0 Å². The fourth-order valence-electron chi connectivity index (χ4n) is 6.08. The number of aryl methyl sites for hydroxylation is 1. The summed E-state index contributed by atoms with van der Waals surface area (Å²) in [6.45, 7) is 6.00. The van der Waals surface area contributed by atoms with Crippen molar-refractivity contribution >= 4 is 33.2 Å². The summed E-state index contributed by atoms with van der Waals surface area (Å²) in [7, 11) is -4.02. The number of aliphatic hydroxyl groups excluding tert-OH is 2. The summed E-state index contributed by atoms with van der Waals surface area (Å²) in [5.74, 6) is -0.704. The molecule has 0 radical (unpaired) electrons. The Kier molecular flexibility index (Phi) is 12.0. The zero-order valence-electron chi connectivity index (χ0n) is 28.0. The minimum Gasteiger partial charge on any atom is -0.392 e. The van der Waals surface area contributed by atoms with Crippen molar-refractivity contribution in [1.29, 1.82) is 0 Å². The maximum atomic E-state index is 13.8. The molecule has 2 amide bonds. The molecule has 1 aliphatic rings. The van der Waals surface area contributed by atoms with E-state index in [1.165, 1.54) is 16.4 Å². The topological polar surface area (TPSA) is 140 Å². The molecule has 3 atom stereocenters. The summed E-state index contributed by atoms with van der Waals surface area (Å²) < 4.78 is 28.8. The van der Waals surface area contributed by atoms with Crippen molar-refractivity contribution in [2.75, 3.05) is 19.6 Å². The van der Waals surface area contributed by atoms with Crippen molar-refractivity contribution in [3.8, 4) is 0 Å². The number of carbonyl (C=O) groups excluding carboxylic acids is 2. The van der Waals surface area contributed by atoms with Gasteiger partial charge in [0.1, 0.15) is 5.01 Å². The number of amides is 2. The second kappa shape index (κ2) is 16.2. The molecule has 12 heteroatoms. The minimum absolute atomic E-state index is 0.0454. The monoisotopic (exact) mass is 704 g/mol. The number of likely N-dealkylation sites (tertiary alicyclic amines) is 1. The average molecular weight is 705 g/mol. The normalized spacial score (nSPS) is 16.2. The smallest absolute Gasteiger partial charge is 0.254 e. The van der Waals surface area contributed by atoms with Crippen molar-refractivity contribution in [2.45, 2.75) is 69.7 Å². The van der Waals surface area contributed by atoms with Crippen molar-refractivity contribution in [3.63, 3.8) is 0 Å². The highest BCUT2D eigenvalue weighted by Crippen LogP contribution is 2.35. The van der Waals surface area contributed by atoms with E-state index >= 15 is 0 Å². The van der Waals surface area contributed by atoms with Crippen molar-refractivity contribution in [3.05, 3.63) is 117 Å². The molecule has 4 aromatic rings. The van der Waals surface area contributed by atoms with E-state index in [0.717, 1.165) is 29.1 Å². The Balaban J connectivity index is 1.37. The summed E-state index contributed by atoms with van der Waals surface area (Å²) in [4.78, 5) is 33.9. The predicted molar refractivity (Wildman–Crippen MR) is 190 cm³/mol. The van der Waals surface area contributed by atoms with E-state index < -0.39 is 28.1 Å². The lowest BCUT2D eigenvalue weighted by atomic mass is 10.00. The highest BCUT2D eigenvalue weighted by atomic mass is 32.2. The fourth-order valence-corrected chi connectivity index (χ4v) is 8.65. The number of hydrogen-bond donors (Lipinski definition) is 3. The molecule has 0 aliphatic carbocycles. The molecule has 5 rings (SSSR count). The van der Waals surface area contributed by atoms with Gasteiger partial charge < -0.3 is 20.4 Å². The van der Waals surface area contributed by atoms with E-state index in [0.29, 0.717) is 17.7 Å². The Bertz CT molecular complexity index is 1830. The van der Waals surface area contributed by atoms with Gasteiger partial charge in [-0.25, -0.2) is 13.4 Å². The van der Waals surface area contributed by atoms with Crippen molar-refractivity contribution in [1.82, 2.24) is 19.5 Å². The molecule has 1 aliphatic heterocycles. The zero-order valence-corrected chi connectivity index (χ0v) is 29.7. The van der Waals surface area contributed by atoms with Crippen LogP contribution in [0.25, 0.3) is 0 Å². The van der Waals surface area contributed by atoms with Gasteiger partial charge in [0.2, 0.25) is 10.0 Å². The van der Waals surface area contributed by atoms with Crippen molar-refractivity contribution < 1.29 is 28.2 Å².